The lowest BCUT2D eigenvalue weighted by atomic mass is 10.2. The molecule has 0 atom stereocenters. The van der Waals surface area contributed by atoms with Gasteiger partial charge in [-0.1, -0.05) is 18.7 Å². The third kappa shape index (κ3) is 3.01. The normalized spacial score (nSPS) is 10.9. The van der Waals surface area contributed by atoms with Crippen molar-refractivity contribution in [1.82, 2.24) is 24.5 Å². The molecule has 0 amide bonds. The molecule has 2 aromatic rings. The van der Waals surface area contributed by atoms with Crippen LogP contribution in [-0.2, 0) is 24.8 Å². The number of carboxylic acids is 1. The zero-order valence-corrected chi connectivity index (χ0v) is 12.5. The summed E-state index contributed by atoms with van der Waals surface area (Å²) in [5.74, 6) is -0.0327. The van der Waals surface area contributed by atoms with Crippen LogP contribution in [0.3, 0.4) is 0 Å². The van der Waals surface area contributed by atoms with Crippen LogP contribution in [-0.4, -0.2) is 41.4 Å². The van der Waals surface area contributed by atoms with Crippen LogP contribution in [0.5, 0.6) is 0 Å². The second-order valence-electron chi connectivity index (χ2n) is 4.40. The van der Waals surface area contributed by atoms with Gasteiger partial charge in [0, 0.05) is 24.7 Å². The van der Waals surface area contributed by atoms with Gasteiger partial charge in [0.1, 0.15) is 5.82 Å². The quantitative estimate of drug-likeness (QED) is 0.803. The van der Waals surface area contributed by atoms with Crippen molar-refractivity contribution < 1.29 is 9.90 Å². The van der Waals surface area contributed by atoms with E-state index >= 15 is 0 Å². The molecule has 1 N–H and O–H groups in total. The highest BCUT2D eigenvalue weighted by Crippen LogP contribution is 2.19. The first-order valence-electron chi connectivity index (χ1n) is 6.27. The molecule has 2 heterocycles. The number of aliphatic carboxylic acids is 1. The number of aromatic nitrogens is 5. The highest BCUT2D eigenvalue weighted by atomic mass is 32.2. The maximum atomic E-state index is 10.7. The minimum absolute atomic E-state index is 0.0200. The Bertz CT molecular complexity index is 619. The maximum Gasteiger partial charge on any atom is 0.313 e. The molecule has 2 aromatic heterocycles. The average molecular weight is 295 g/mol. The predicted octanol–water partition coefficient (Wildman–Crippen LogP) is 1.11. The van der Waals surface area contributed by atoms with Crippen LogP contribution in [0, 0.1) is 6.92 Å². The van der Waals surface area contributed by atoms with Gasteiger partial charge in [-0.25, -0.2) is 0 Å². The van der Waals surface area contributed by atoms with Crippen LogP contribution < -0.4 is 0 Å². The molecule has 7 nitrogen and oxygen atoms in total. The minimum atomic E-state index is -0.861. The van der Waals surface area contributed by atoms with E-state index < -0.39 is 5.97 Å². The molecule has 0 saturated carbocycles. The number of carboxylic acid groups (broad SMARTS) is 1. The van der Waals surface area contributed by atoms with Crippen molar-refractivity contribution in [3.63, 3.8) is 0 Å². The van der Waals surface area contributed by atoms with Gasteiger partial charge >= 0.3 is 5.97 Å². The van der Waals surface area contributed by atoms with E-state index in [1.54, 1.807) is 0 Å². The molecule has 0 radical (unpaired) electrons. The summed E-state index contributed by atoms with van der Waals surface area (Å²) < 4.78 is 3.77. The van der Waals surface area contributed by atoms with Gasteiger partial charge in [-0.3, -0.25) is 9.48 Å². The summed E-state index contributed by atoms with van der Waals surface area (Å²) in [6.07, 6.45) is 2.57. The van der Waals surface area contributed by atoms with Gasteiger partial charge in [0.15, 0.2) is 5.16 Å². The van der Waals surface area contributed by atoms with Crippen molar-refractivity contribution in [2.45, 2.75) is 32.0 Å². The monoisotopic (exact) mass is 295 g/mol. The zero-order valence-electron chi connectivity index (χ0n) is 11.7. The van der Waals surface area contributed by atoms with Crippen LogP contribution in [0.4, 0.5) is 0 Å². The molecule has 108 valence electrons. The van der Waals surface area contributed by atoms with Crippen molar-refractivity contribution in [1.29, 1.82) is 0 Å². The summed E-state index contributed by atoms with van der Waals surface area (Å²) in [6.45, 7) is 4.61. The van der Waals surface area contributed by atoms with E-state index in [9.17, 15) is 4.79 Å². The van der Waals surface area contributed by atoms with Gasteiger partial charge in [-0.15, -0.1) is 10.2 Å². The van der Waals surface area contributed by atoms with E-state index in [1.807, 2.05) is 36.3 Å². The zero-order chi connectivity index (χ0) is 14.7. The van der Waals surface area contributed by atoms with Gasteiger partial charge in [0.2, 0.25) is 0 Å². The predicted molar refractivity (Wildman–Crippen MR) is 74.8 cm³/mol. The average Bonchev–Trinajstić information content (AvgIpc) is 2.94. The maximum absolute atomic E-state index is 10.7. The molecule has 0 bridgehead atoms. The summed E-state index contributed by atoms with van der Waals surface area (Å²) in [5.41, 5.74) is 2.16. The number of carbonyl (C=O) groups is 1. The number of hydrogen-bond donors (Lipinski definition) is 1. The highest BCUT2D eigenvalue weighted by Gasteiger charge is 2.15. The Morgan fingerprint density at radius 3 is 2.75 bits per heavy atom. The van der Waals surface area contributed by atoms with E-state index in [0.717, 1.165) is 23.5 Å². The smallest absolute Gasteiger partial charge is 0.313 e. The fraction of sp³-hybridized carbons (Fsp3) is 0.500. The second-order valence-corrected chi connectivity index (χ2v) is 5.34. The molecule has 0 aliphatic carbocycles. The van der Waals surface area contributed by atoms with E-state index in [4.69, 9.17) is 5.11 Å². The molecule has 0 aliphatic heterocycles. The van der Waals surface area contributed by atoms with Crippen molar-refractivity contribution in [2.75, 3.05) is 5.75 Å². The Balaban J connectivity index is 2.26. The van der Waals surface area contributed by atoms with E-state index in [-0.39, 0.29) is 5.75 Å². The molecule has 2 rings (SSSR count). The first-order chi connectivity index (χ1) is 9.52. The van der Waals surface area contributed by atoms with Crippen LogP contribution in [0.2, 0.25) is 0 Å². The summed E-state index contributed by atoms with van der Waals surface area (Å²) in [4.78, 5) is 10.7. The third-order valence-electron chi connectivity index (χ3n) is 3.10. The lowest BCUT2D eigenvalue weighted by Crippen LogP contribution is -2.08. The molecule has 8 heteroatoms. The lowest BCUT2D eigenvalue weighted by molar-refractivity contribution is -0.133. The van der Waals surface area contributed by atoms with E-state index in [0.29, 0.717) is 11.7 Å². The van der Waals surface area contributed by atoms with Crippen molar-refractivity contribution in [2.24, 2.45) is 7.05 Å². The number of aryl methyl sites for hydroxylation is 2. The van der Waals surface area contributed by atoms with Crippen molar-refractivity contribution in [3.8, 4) is 0 Å². The minimum Gasteiger partial charge on any atom is -0.481 e. The fourth-order valence-electron chi connectivity index (χ4n) is 1.84. The first kappa shape index (κ1) is 14.6. The molecule has 0 aliphatic rings. The van der Waals surface area contributed by atoms with Crippen molar-refractivity contribution in [3.05, 3.63) is 23.3 Å². The van der Waals surface area contributed by atoms with E-state index in [2.05, 4.69) is 15.3 Å². The number of hydrogen-bond acceptors (Lipinski definition) is 5. The molecule has 0 aromatic carbocycles. The van der Waals surface area contributed by atoms with Crippen LogP contribution >= 0.6 is 11.8 Å². The number of nitrogens with zero attached hydrogens (tertiary/aromatic N) is 5. The van der Waals surface area contributed by atoms with Crippen molar-refractivity contribution >= 4 is 17.7 Å². The largest absolute Gasteiger partial charge is 0.481 e. The van der Waals surface area contributed by atoms with Gasteiger partial charge in [-0.05, 0) is 6.92 Å². The SMILES string of the molecule is CCc1nnc(SCC(=O)O)n1Cc1cnn(C)c1C. The Hall–Kier alpha value is -1.83. The van der Waals surface area contributed by atoms with Gasteiger partial charge in [0.05, 0.1) is 18.5 Å². The van der Waals surface area contributed by atoms with Crippen LogP contribution in [0.25, 0.3) is 0 Å². The molecule has 0 spiro atoms. The Kier molecular flexibility index (Phi) is 4.43. The number of thioether (sulfide) groups is 1. The highest BCUT2D eigenvalue weighted by molar-refractivity contribution is 7.99. The molecule has 0 fully saturated rings. The Morgan fingerprint density at radius 2 is 2.20 bits per heavy atom. The Morgan fingerprint density at radius 1 is 1.45 bits per heavy atom. The molecule has 20 heavy (non-hydrogen) atoms. The molecular weight excluding hydrogens is 278 g/mol. The number of rotatable bonds is 6. The summed E-state index contributed by atoms with van der Waals surface area (Å²) in [5, 5.41) is 21.8. The van der Waals surface area contributed by atoms with Gasteiger partial charge in [0.25, 0.3) is 0 Å². The summed E-state index contributed by atoms with van der Waals surface area (Å²) >= 11 is 1.19. The summed E-state index contributed by atoms with van der Waals surface area (Å²) in [7, 11) is 1.89. The molecular formula is C12H17N5O2S. The van der Waals surface area contributed by atoms with E-state index in [1.165, 1.54) is 11.8 Å². The Labute approximate surface area is 121 Å². The van der Waals surface area contributed by atoms with Gasteiger partial charge < -0.3 is 9.67 Å². The third-order valence-corrected chi connectivity index (χ3v) is 4.05. The van der Waals surface area contributed by atoms with Crippen LogP contribution in [0.15, 0.2) is 11.4 Å². The molecule has 0 saturated heterocycles. The van der Waals surface area contributed by atoms with Gasteiger partial charge in [-0.2, -0.15) is 5.10 Å². The fourth-order valence-corrected chi connectivity index (χ4v) is 2.52. The lowest BCUT2D eigenvalue weighted by Gasteiger charge is -2.08. The standard InChI is InChI=1S/C12H17N5O2S/c1-4-10-14-15-12(20-7-11(18)19)17(10)6-9-5-13-16(3)8(9)2/h5H,4,6-7H2,1-3H3,(H,18,19). The topological polar surface area (TPSA) is 85.8 Å². The second kappa shape index (κ2) is 6.08. The summed E-state index contributed by atoms with van der Waals surface area (Å²) in [6, 6.07) is 0. The molecule has 0 unspecified atom stereocenters. The first-order valence-corrected chi connectivity index (χ1v) is 7.25. The van der Waals surface area contributed by atoms with Crippen LogP contribution in [0.1, 0.15) is 24.0 Å².